The summed E-state index contributed by atoms with van der Waals surface area (Å²) >= 11 is 0. The number of Topliss-reactive ketones (excluding diaryl/α,β-unsaturated/α-hetero) is 1. The Bertz CT molecular complexity index is 806. The van der Waals surface area contributed by atoms with Crippen LogP contribution in [-0.2, 0) is 4.79 Å². The van der Waals surface area contributed by atoms with Crippen LogP contribution >= 0.6 is 0 Å². The van der Waals surface area contributed by atoms with E-state index in [9.17, 15) is 14.9 Å². The van der Waals surface area contributed by atoms with Crippen LogP contribution in [0, 0.1) is 11.3 Å². The van der Waals surface area contributed by atoms with Gasteiger partial charge in [-0.25, -0.2) is 4.98 Å². The molecule has 2 rings (SSSR count). The van der Waals surface area contributed by atoms with Gasteiger partial charge in [-0.3, -0.25) is 9.59 Å². The molecular weight excluding hydrogens is 280 g/mol. The van der Waals surface area contributed by atoms with Gasteiger partial charge in [-0.2, -0.15) is 5.26 Å². The fraction of sp³-hybridized carbons (Fsp3) is 0.125. The third-order valence-corrected chi connectivity index (χ3v) is 3.01. The molecule has 0 spiro atoms. The van der Waals surface area contributed by atoms with Gasteiger partial charge < -0.3 is 11.1 Å². The lowest BCUT2D eigenvalue weighted by Gasteiger charge is -2.10. The van der Waals surface area contributed by atoms with E-state index in [2.05, 4.69) is 10.3 Å². The molecule has 0 saturated carbocycles. The van der Waals surface area contributed by atoms with E-state index in [0.29, 0.717) is 16.8 Å². The van der Waals surface area contributed by atoms with Crippen molar-refractivity contribution < 1.29 is 9.59 Å². The third-order valence-electron chi connectivity index (χ3n) is 3.01. The molecule has 0 aliphatic rings. The van der Waals surface area contributed by atoms with Crippen molar-refractivity contribution in [2.24, 2.45) is 0 Å². The fourth-order valence-electron chi connectivity index (χ4n) is 2.02. The number of anilines is 2. The molecule has 1 aromatic carbocycles. The molecule has 3 N–H and O–H groups in total. The van der Waals surface area contributed by atoms with Crippen molar-refractivity contribution in [3.8, 4) is 17.3 Å². The number of nitrogen functional groups attached to an aromatic ring is 1. The van der Waals surface area contributed by atoms with Crippen molar-refractivity contribution in [1.29, 1.82) is 5.26 Å². The number of hydrogen-bond donors (Lipinski definition) is 2. The molecule has 0 saturated heterocycles. The van der Waals surface area contributed by atoms with Crippen molar-refractivity contribution in [3.63, 3.8) is 0 Å². The van der Waals surface area contributed by atoms with Gasteiger partial charge in [0.1, 0.15) is 17.5 Å². The molecule has 1 amide bonds. The van der Waals surface area contributed by atoms with Gasteiger partial charge >= 0.3 is 0 Å². The molecule has 0 unspecified atom stereocenters. The molecule has 110 valence electrons. The molecule has 6 nitrogen and oxygen atoms in total. The molecule has 0 atom stereocenters. The van der Waals surface area contributed by atoms with Crippen LogP contribution in [0.2, 0.25) is 0 Å². The van der Waals surface area contributed by atoms with Crippen molar-refractivity contribution in [2.45, 2.75) is 13.8 Å². The first-order chi connectivity index (χ1) is 10.4. The zero-order valence-corrected chi connectivity index (χ0v) is 12.2. The summed E-state index contributed by atoms with van der Waals surface area (Å²) in [6, 6.07) is 10.2. The lowest BCUT2D eigenvalue weighted by Crippen LogP contribution is -2.09. The number of nitriles is 1. The average Bonchev–Trinajstić information content (AvgIpc) is 2.46. The number of carbonyl (C=O) groups is 2. The SMILES string of the molecule is CC(=O)Nc1cc(N)c(C#N)c(-c2cccc(C(C)=O)c2)n1. The van der Waals surface area contributed by atoms with Gasteiger partial charge in [0.2, 0.25) is 5.91 Å². The number of rotatable bonds is 3. The molecule has 2 aromatic rings. The van der Waals surface area contributed by atoms with E-state index >= 15 is 0 Å². The second-order valence-corrected chi connectivity index (χ2v) is 4.75. The first-order valence-electron chi connectivity index (χ1n) is 6.52. The maximum Gasteiger partial charge on any atom is 0.222 e. The number of nitrogens with two attached hydrogens (primary N) is 1. The van der Waals surface area contributed by atoms with Crippen LogP contribution in [0.15, 0.2) is 30.3 Å². The number of ketones is 1. The highest BCUT2D eigenvalue weighted by Gasteiger charge is 2.14. The quantitative estimate of drug-likeness (QED) is 0.844. The van der Waals surface area contributed by atoms with E-state index in [4.69, 9.17) is 5.73 Å². The molecule has 0 aliphatic carbocycles. The average molecular weight is 294 g/mol. The molecule has 0 aliphatic heterocycles. The van der Waals surface area contributed by atoms with Crippen molar-refractivity contribution in [1.82, 2.24) is 4.98 Å². The molecule has 0 bridgehead atoms. The third kappa shape index (κ3) is 3.10. The summed E-state index contributed by atoms with van der Waals surface area (Å²) in [5, 5.41) is 11.8. The number of pyridine rings is 1. The van der Waals surface area contributed by atoms with Crippen LogP contribution in [0.5, 0.6) is 0 Å². The molecule has 6 heteroatoms. The normalized spacial score (nSPS) is 9.86. The maximum absolute atomic E-state index is 11.5. The Morgan fingerprint density at radius 2 is 2.00 bits per heavy atom. The van der Waals surface area contributed by atoms with Crippen LogP contribution in [0.3, 0.4) is 0 Å². The Balaban J connectivity index is 2.65. The number of nitrogens with zero attached hydrogens (tertiary/aromatic N) is 2. The lowest BCUT2D eigenvalue weighted by atomic mass is 10.0. The van der Waals surface area contributed by atoms with E-state index in [1.54, 1.807) is 24.3 Å². The summed E-state index contributed by atoms with van der Waals surface area (Å²) in [4.78, 5) is 26.9. The van der Waals surface area contributed by atoms with Gasteiger partial charge in [0.15, 0.2) is 5.78 Å². The zero-order chi connectivity index (χ0) is 16.3. The van der Waals surface area contributed by atoms with E-state index < -0.39 is 0 Å². The molecular formula is C16H14N4O2. The standard InChI is InChI=1S/C16H14N4O2/c1-9(21)11-4-3-5-12(6-11)16-13(8-17)14(18)7-15(20-16)19-10(2)22/h3-7H,1-2H3,(H3,18,19,20,22). The minimum Gasteiger partial charge on any atom is -0.397 e. The molecule has 22 heavy (non-hydrogen) atoms. The number of amides is 1. The van der Waals surface area contributed by atoms with Crippen LogP contribution in [0.1, 0.15) is 29.8 Å². The zero-order valence-electron chi connectivity index (χ0n) is 12.2. The van der Waals surface area contributed by atoms with E-state index in [1.165, 1.54) is 19.9 Å². The Kier molecular flexibility index (Phi) is 4.18. The van der Waals surface area contributed by atoms with Crippen LogP contribution in [0.25, 0.3) is 11.3 Å². The summed E-state index contributed by atoms with van der Waals surface area (Å²) in [5.41, 5.74) is 7.70. The second kappa shape index (κ2) is 6.06. The van der Waals surface area contributed by atoms with Crippen molar-refractivity contribution in [3.05, 3.63) is 41.5 Å². The summed E-state index contributed by atoms with van der Waals surface area (Å²) < 4.78 is 0. The fourth-order valence-corrected chi connectivity index (χ4v) is 2.02. The van der Waals surface area contributed by atoms with Crippen LogP contribution in [-0.4, -0.2) is 16.7 Å². The predicted molar refractivity (Wildman–Crippen MR) is 83.1 cm³/mol. The minimum absolute atomic E-state index is 0.0913. The van der Waals surface area contributed by atoms with Gasteiger partial charge in [-0.1, -0.05) is 18.2 Å². The minimum atomic E-state index is -0.292. The predicted octanol–water partition coefficient (Wildman–Crippen LogP) is 2.36. The number of benzene rings is 1. The first-order valence-corrected chi connectivity index (χ1v) is 6.52. The lowest BCUT2D eigenvalue weighted by molar-refractivity contribution is -0.114. The van der Waals surface area contributed by atoms with Gasteiger partial charge in [0, 0.05) is 24.1 Å². The summed E-state index contributed by atoms with van der Waals surface area (Å²) in [6.45, 7) is 2.81. The van der Waals surface area contributed by atoms with Crippen molar-refractivity contribution >= 4 is 23.2 Å². The number of aromatic nitrogens is 1. The monoisotopic (exact) mass is 294 g/mol. The number of carbonyl (C=O) groups excluding carboxylic acids is 2. The van der Waals surface area contributed by atoms with Crippen LogP contribution in [0.4, 0.5) is 11.5 Å². The van der Waals surface area contributed by atoms with E-state index in [0.717, 1.165) is 0 Å². The smallest absolute Gasteiger partial charge is 0.222 e. The second-order valence-electron chi connectivity index (χ2n) is 4.75. The Hall–Kier alpha value is -3.20. The van der Waals surface area contributed by atoms with Gasteiger partial charge in [0.05, 0.1) is 11.4 Å². The van der Waals surface area contributed by atoms with Gasteiger partial charge in [-0.15, -0.1) is 0 Å². The number of hydrogen-bond acceptors (Lipinski definition) is 5. The number of nitrogens with one attached hydrogen (secondary N) is 1. The largest absolute Gasteiger partial charge is 0.397 e. The maximum atomic E-state index is 11.5. The highest BCUT2D eigenvalue weighted by atomic mass is 16.1. The first kappa shape index (κ1) is 15.2. The van der Waals surface area contributed by atoms with E-state index in [1.807, 2.05) is 6.07 Å². The van der Waals surface area contributed by atoms with Crippen molar-refractivity contribution in [2.75, 3.05) is 11.1 Å². The van der Waals surface area contributed by atoms with Crippen LogP contribution < -0.4 is 11.1 Å². The molecule has 0 fully saturated rings. The summed E-state index contributed by atoms with van der Waals surface area (Å²) in [5.74, 6) is -0.126. The Morgan fingerprint density at radius 1 is 1.27 bits per heavy atom. The highest BCUT2D eigenvalue weighted by molar-refractivity contribution is 5.95. The molecule has 1 aromatic heterocycles. The molecule has 0 radical (unpaired) electrons. The Morgan fingerprint density at radius 3 is 2.59 bits per heavy atom. The Labute approximate surface area is 127 Å². The summed E-state index contributed by atoms with van der Waals surface area (Å²) in [6.07, 6.45) is 0. The van der Waals surface area contributed by atoms with E-state index in [-0.39, 0.29) is 28.8 Å². The summed E-state index contributed by atoms with van der Waals surface area (Å²) in [7, 11) is 0. The molecule has 1 heterocycles. The van der Waals surface area contributed by atoms with Gasteiger partial charge in [-0.05, 0) is 13.0 Å². The van der Waals surface area contributed by atoms with Gasteiger partial charge in [0.25, 0.3) is 0 Å². The topological polar surface area (TPSA) is 109 Å². The highest BCUT2D eigenvalue weighted by Crippen LogP contribution is 2.28.